The zero-order chi connectivity index (χ0) is 15.5. The Morgan fingerprint density at radius 3 is 1.00 bits per heavy atom. The van der Waals surface area contributed by atoms with Crippen molar-refractivity contribution in [1.82, 2.24) is 0 Å². The summed E-state index contributed by atoms with van der Waals surface area (Å²) in [6, 6.07) is 0. The van der Waals surface area contributed by atoms with Crippen LogP contribution in [0.5, 0.6) is 0 Å². The van der Waals surface area contributed by atoms with E-state index in [1.165, 1.54) is 0 Å². The lowest BCUT2D eigenvalue weighted by molar-refractivity contribution is -0.314. The van der Waals surface area contributed by atoms with E-state index in [1.807, 2.05) is 0 Å². The van der Waals surface area contributed by atoms with Gasteiger partial charge in [0.15, 0.2) is 0 Å². The van der Waals surface area contributed by atoms with Crippen LogP contribution in [-0.2, 0) is 9.47 Å². The molecule has 0 bridgehead atoms. The Hall–Kier alpha value is -0.780. The van der Waals surface area contributed by atoms with Gasteiger partial charge in [-0.2, -0.15) is 43.9 Å². The molecular formula is C7H6F10O2. The zero-order valence-corrected chi connectivity index (χ0v) is 8.72. The van der Waals surface area contributed by atoms with Crippen LogP contribution in [0.2, 0.25) is 0 Å². The van der Waals surface area contributed by atoms with Gasteiger partial charge in [-0.05, 0) is 0 Å². The summed E-state index contributed by atoms with van der Waals surface area (Å²) in [7, 11) is 0. The molecule has 0 aromatic carbocycles. The van der Waals surface area contributed by atoms with Gasteiger partial charge in [0.1, 0.15) is 20.0 Å². The van der Waals surface area contributed by atoms with E-state index in [-0.39, 0.29) is 0 Å². The van der Waals surface area contributed by atoms with Crippen LogP contribution >= 0.6 is 0 Å². The number of rotatable bonds is 6. The van der Waals surface area contributed by atoms with Crippen molar-refractivity contribution in [1.29, 1.82) is 0 Å². The summed E-state index contributed by atoms with van der Waals surface area (Å²) in [6.07, 6.45) is -11.9. The zero-order valence-electron chi connectivity index (χ0n) is 8.72. The van der Waals surface area contributed by atoms with Gasteiger partial charge in [-0.3, -0.25) is 0 Å². The van der Waals surface area contributed by atoms with E-state index in [9.17, 15) is 43.9 Å². The van der Waals surface area contributed by atoms with Gasteiger partial charge in [0.2, 0.25) is 0 Å². The van der Waals surface area contributed by atoms with Gasteiger partial charge < -0.3 is 9.47 Å². The minimum absolute atomic E-state index is 1.57. The van der Waals surface area contributed by atoms with E-state index in [0.29, 0.717) is 0 Å². The minimum atomic E-state index is -5.93. The van der Waals surface area contributed by atoms with Crippen molar-refractivity contribution in [2.24, 2.45) is 0 Å². The molecule has 2 nitrogen and oxygen atoms in total. The normalized spacial score (nSPS) is 14.8. The van der Waals surface area contributed by atoms with Crippen LogP contribution in [0.15, 0.2) is 0 Å². The molecule has 0 saturated carbocycles. The number of alkyl halides is 10. The quantitative estimate of drug-likeness (QED) is 0.425. The Bertz CT molecular complexity index is 253. The van der Waals surface area contributed by atoms with Crippen LogP contribution in [0.3, 0.4) is 0 Å². The third-order valence-electron chi connectivity index (χ3n) is 1.56. The first-order valence-electron chi connectivity index (χ1n) is 4.25. The molecule has 0 aliphatic carbocycles. The summed E-state index contributed by atoms with van der Waals surface area (Å²) in [4.78, 5) is 0. The van der Waals surface area contributed by atoms with Gasteiger partial charge >= 0.3 is 24.2 Å². The summed E-state index contributed by atoms with van der Waals surface area (Å²) >= 11 is 0. The molecule has 0 N–H and O–H groups in total. The summed E-state index contributed by atoms with van der Waals surface area (Å²) in [6.45, 7) is -6.08. The second kappa shape index (κ2) is 5.69. The van der Waals surface area contributed by atoms with Gasteiger partial charge in [0, 0.05) is 0 Å². The molecule has 0 rings (SSSR count). The molecular weight excluding hydrogens is 306 g/mol. The van der Waals surface area contributed by atoms with E-state index in [4.69, 9.17) is 0 Å². The maximum Gasteiger partial charge on any atom is 0.455 e. The van der Waals surface area contributed by atoms with Crippen molar-refractivity contribution in [2.45, 2.75) is 24.2 Å². The average molecular weight is 312 g/mol. The van der Waals surface area contributed by atoms with Crippen molar-refractivity contribution in [3.8, 4) is 0 Å². The highest BCUT2D eigenvalue weighted by molar-refractivity contribution is 4.75. The Balaban J connectivity index is 4.03. The highest BCUT2D eigenvalue weighted by Gasteiger charge is 2.58. The van der Waals surface area contributed by atoms with Gasteiger partial charge in [-0.25, -0.2) is 0 Å². The Kier molecular flexibility index (Phi) is 5.46. The lowest BCUT2D eigenvalue weighted by Gasteiger charge is -2.21. The molecule has 0 fully saturated rings. The van der Waals surface area contributed by atoms with Crippen LogP contribution in [0.1, 0.15) is 0 Å². The van der Waals surface area contributed by atoms with Crippen LogP contribution < -0.4 is 0 Å². The van der Waals surface area contributed by atoms with Crippen molar-refractivity contribution >= 4 is 0 Å². The fourth-order valence-electron chi connectivity index (χ4n) is 0.562. The van der Waals surface area contributed by atoms with E-state index >= 15 is 0 Å². The molecule has 116 valence electrons. The summed E-state index contributed by atoms with van der Waals surface area (Å²) < 4.78 is 125. The second-order valence-corrected chi connectivity index (χ2v) is 3.22. The van der Waals surface area contributed by atoms with E-state index in [2.05, 4.69) is 9.47 Å². The predicted molar refractivity (Wildman–Crippen MR) is 38.8 cm³/mol. The molecule has 0 radical (unpaired) electrons. The van der Waals surface area contributed by atoms with Gasteiger partial charge in [0.25, 0.3) is 0 Å². The monoisotopic (exact) mass is 312 g/mol. The van der Waals surface area contributed by atoms with Crippen molar-refractivity contribution in [3.05, 3.63) is 0 Å². The van der Waals surface area contributed by atoms with Gasteiger partial charge in [0.05, 0.1) is 0 Å². The Labute approximate surface area is 98.8 Å². The van der Waals surface area contributed by atoms with E-state index < -0.39 is 44.2 Å². The molecule has 0 spiro atoms. The molecule has 0 aliphatic heterocycles. The number of ether oxygens (including phenoxy) is 2. The smallest absolute Gasteiger partial charge is 0.349 e. The molecule has 12 heteroatoms. The van der Waals surface area contributed by atoms with Crippen LogP contribution in [0, 0.1) is 0 Å². The third-order valence-corrected chi connectivity index (χ3v) is 1.56. The Morgan fingerprint density at radius 1 is 0.526 bits per heavy atom. The molecule has 0 aromatic heterocycles. The number of hydrogen-bond donors (Lipinski definition) is 0. The fourth-order valence-corrected chi connectivity index (χ4v) is 0.562. The van der Waals surface area contributed by atoms with Crippen molar-refractivity contribution in [2.75, 3.05) is 20.0 Å². The summed E-state index contributed by atoms with van der Waals surface area (Å²) in [5.41, 5.74) is 0. The second-order valence-electron chi connectivity index (χ2n) is 3.22. The van der Waals surface area contributed by atoms with E-state index in [0.717, 1.165) is 0 Å². The highest BCUT2D eigenvalue weighted by Crippen LogP contribution is 2.36. The largest absolute Gasteiger partial charge is 0.455 e. The average Bonchev–Trinajstić information content (AvgIpc) is 2.12. The summed E-state index contributed by atoms with van der Waals surface area (Å²) in [5.74, 6) is -10.5. The van der Waals surface area contributed by atoms with Crippen LogP contribution in [0.25, 0.3) is 0 Å². The molecule has 0 unspecified atom stereocenters. The molecule has 0 aromatic rings. The number of hydrogen-bond acceptors (Lipinski definition) is 2. The Morgan fingerprint density at radius 2 is 0.789 bits per heavy atom. The first kappa shape index (κ1) is 18.2. The minimum Gasteiger partial charge on any atom is -0.349 e. The van der Waals surface area contributed by atoms with Crippen LogP contribution in [-0.4, -0.2) is 44.2 Å². The predicted octanol–water partition coefficient (Wildman–Crippen LogP) is 3.37. The number of halogens is 10. The maximum absolute atomic E-state index is 12.1. The third kappa shape index (κ3) is 5.38. The molecule has 0 amide bonds. The summed E-state index contributed by atoms with van der Waals surface area (Å²) in [5, 5.41) is 0. The molecule has 0 saturated heterocycles. The first-order chi connectivity index (χ1) is 8.21. The van der Waals surface area contributed by atoms with Crippen molar-refractivity contribution in [3.63, 3.8) is 0 Å². The van der Waals surface area contributed by atoms with Gasteiger partial charge in [-0.15, -0.1) is 0 Å². The van der Waals surface area contributed by atoms with Crippen molar-refractivity contribution < 1.29 is 53.4 Å². The topological polar surface area (TPSA) is 18.5 Å². The molecule has 19 heavy (non-hydrogen) atoms. The lowest BCUT2D eigenvalue weighted by Crippen LogP contribution is -2.42. The maximum atomic E-state index is 12.1. The SMILES string of the molecule is FC(F)(F)C(F)(F)COCOCC(F)(F)C(F)(F)F. The standard InChI is InChI=1S/C7H6F10O2/c8-4(9,6(12,13)14)1-18-3-19-2-5(10,11)7(15,16)17/h1-3H2. The first-order valence-corrected chi connectivity index (χ1v) is 4.25. The molecule has 0 heterocycles. The van der Waals surface area contributed by atoms with E-state index in [1.54, 1.807) is 0 Å². The fraction of sp³-hybridized carbons (Fsp3) is 1.00. The van der Waals surface area contributed by atoms with Gasteiger partial charge in [-0.1, -0.05) is 0 Å². The molecule has 0 aliphatic rings. The van der Waals surface area contributed by atoms with Crippen LogP contribution in [0.4, 0.5) is 43.9 Å². The highest BCUT2D eigenvalue weighted by atomic mass is 19.4. The lowest BCUT2D eigenvalue weighted by atomic mass is 10.3. The molecule has 0 atom stereocenters.